The summed E-state index contributed by atoms with van der Waals surface area (Å²) in [4.78, 5) is 57.8. The van der Waals surface area contributed by atoms with Crippen LogP contribution in [0.2, 0.25) is 0 Å². The lowest BCUT2D eigenvalue weighted by atomic mass is 9.92. The van der Waals surface area contributed by atoms with Crippen LogP contribution in [0, 0.1) is 11.3 Å². The highest BCUT2D eigenvalue weighted by molar-refractivity contribution is 5.90. The Hall–Kier alpha value is -5.25. The number of carbonyl (C=O) groups excluding carboxylic acids is 4. The van der Waals surface area contributed by atoms with Crippen LogP contribution in [0.5, 0.6) is 5.75 Å². The number of alkyl carbamates (subject to hydrolysis) is 1. The zero-order chi connectivity index (χ0) is 47.8. The Balaban J connectivity index is 0.00000172. The van der Waals surface area contributed by atoms with E-state index in [0.29, 0.717) is 69.5 Å². The molecule has 0 spiro atoms. The van der Waals surface area contributed by atoms with Crippen LogP contribution in [0.3, 0.4) is 0 Å². The van der Waals surface area contributed by atoms with Crippen molar-refractivity contribution in [2.45, 2.75) is 113 Å². The molecular weight excluding hydrogens is 828 g/mol. The molecule has 2 atom stereocenters. The zero-order valence-corrected chi connectivity index (χ0v) is 39.6. The van der Waals surface area contributed by atoms with E-state index in [1.54, 1.807) is 46.3 Å². The minimum Gasteiger partial charge on any atom is -0.453 e. The van der Waals surface area contributed by atoms with Crippen LogP contribution in [-0.4, -0.2) is 121 Å². The molecule has 0 radical (unpaired) electrons. The largest absolute Gasteiger partial charge is 0.573 e. The van der Waals surface area contributed by atoms with Crippen molar-refractivity contribution in [3.8, 4) is 16.9 Å². The van der Waals surface area contributed by atoms with E-state index in [1.165, 1.54) is 32.1 Å². The summed E-state index contributed by atoms with van der Waals surface area (Å²) in [5.41, 5.74) is 2.65. The summed E-state index contributed by atoms with van der Waals surface area (Å²) in [5, 5.41) is 8.36. The van der Waals surface area contributed by atoms with Crippen molar-refractivity contribution >= 4 is 35.2 Å². The number of likely N-dealkylation sites (tertiary alicyclic amines) is 2. The minimum atomic E-state index is -4.97. The molecule has 0 aliphatic carbocycles. The number of methoxy groups -OCH3 is 1. The Morgan fingerprint density at radius 3 is 2.02 bits per heavy atom. The monoisotopic (exact) mass is 900 g/mol. The first-order valence-electron chi connectivity index (χ1n) is 22.5. The molecule has 64 heavy (non-hydrogen) atoms. The molecule has 356 valence electrons. The average Bonchev–Trinajstić information content (AvgIpc) is 3.65. The number of hydrogen-bond donors (Lipinski definition) is 3. The number of ether oxygens (including phenoxy) is 2. The van der Waals surface area contributed by atoms with Gasteiger partial charge in [0, 0.05) is 86.5 Å². The first-order chi connectivity index (χ1) is 30.2. The number of allylic oxidation sites excluding steroid dienone is 1. The number of nitrogens with zero attached hydrogens (tertiary/aromatic N) is 4. The van der Waals surface area contributed by atoms with E-state index >= 15 is 0 Å². The third-order valence-corrected chi connectivity index (χ3v) is 10.9. The van der Waals surface area contributed by atoms with Crippen LogP contribution in [0.1, 0.15) is 100.0 Å². The number of carbonyl (C=O) groups is 4. The molecule has 0 saturated carbocycles. The fourth-order valence-electron chi connectivity index (χ4n) is 7.72. The highest BCUT2D eigenvalue weighted by Crippen LogP contribution is 2.37. The molecule has 5 rings (SSSR count). The van der Waals surface area contributed by atoms with Crippen LogP contribution in [-0.2, 0) is 14.3 Å². The molecule has 5 amide bonds. The molecule has 16 heteroatoms. The van der Waals surface area contributed by atoms with Crippen molar-refractivity contribution in [3.63, 3.8) is 0 Å². The number of piperazine rings is 1. The normalized spacial score (nSPS) is 18.5. The standard InChI is InChI=1S/C42H56F3N7O6.2C3H8/c1-27-22-35(52(26-27)37(53)25-47-40(56)57-7)29(3)46-24-28(2)30-8-10-31(11-9-30)34-13-12-32(23-36(34)58-42(43,44)45)48-39(55)51-20-18-49(19-21-51)33-14-16-50(17-15-33)38(54)41(4,5)6;2*1-3-2/h8-13,23-24,27,33,35,46H,3,14-22,25-26H2,1-2,4-7H3,(H,47,56)(H,48,55);2*3H2,1-2H3/b28-24+;;. The second-order valence-corrected chi connectivity index (χ2v) is 17.7. The van der Waals surface area contributed by atoms with Crippen LogP contribution < -0.4 is 20.7 Å². The molecule has 0 aromatic heterocycles. The van der Waals surface area contributed by atoms with Gasteiger partial charge in [-0.15, -0.1) is 13.2 Å². The second kappa shape index (κ2) is 24.7. The molecule has 3 aliphatic rings. The summed E-state index contributed by atoms with van der Waals surface area (Å²) >= 11 is 0. The van der Waals surface area contributed by atoms with Crippen molar-refractivity contribution < 1.29 is 41.8 Å². The van der Waals surface area contributed by atoms with Crippen LogP contribution >= 0.6 is 0 Å². The molecule has 2 aromatic rings. The maximum Gasteiger partial charge on any atom is 0.573 e. The van der Waals surface area contributed by atoms with Crippen LogP contribution in [0.25, 0.3) is 16.7 Å². The summed E-state index contributed by atoms with van der Waals surface area (Å²) in [6.07, 6.45) is 1.04. The quantitative estimate of drug-likeness (QED) is 0.215. The van der Waals surface area contributed by atoms with Gasteiger partial charge in [-0.2, -0.15) is 0 Å². The Labute approximate surface area is 378 Å². The van der Waals surface area contributed by atoms with Crippen LogP contribution in [0.15, 0.2) is 60.9 Å². The molecule has 3 fully saturated rings. The molecule has 2 unspecified atom stereocenters. The van der Waals surface area contributed by atoms with Crippen LogP contribution in [0.4, 0.5) is 28.4 Å². The number of nitrogens with one attached hydrogen (secondary N) is 3. The molecular formula is C48H72F3N7O6. The van der Waals surface area contributed by atoms with Crippen molar-refractivity contribution in [1.29, 1.82) is 0 Å². The molecule has 3 aliphatic heterocycles. The lowest BCUT2D eigenvalue weighted by Gasteiger charge is -2.43. The highest BCUT2D eigenvalue weighted by Gasteiger charge is 2.36. The maximum atomic E-state index is 13.6. The molecule has 3 N–H and O–H groups in total. The van der Waals surface area contributed by atoms with Gasteiger partial charge in [-0.1, -0.05) is 99.1 Å². The molecule has 0 bridgehead atoms. The first-order valence-corrected chi connectivity index (χ1v) is 22.5. The molecule has 3 heterocycles. The number of alkyl halides is 3. The smallest absolute Gasteiger partial charge is 0.453 e. The number of anilines is 1. The molecule has 13 nitrogen and oxygen atoms in total. The average molecular weight is 900 g/mol. The third kappa shape index (κ3) is 16.1. The van der Waals surface area contributed by atoms with E-state index in [-0.39, 0.29) is 41.6 Å². The summed E-state index contributed by atoms with van der Waals surface area (Å²) in [6.45, 7) is 26.3. The molecule has 2 aromatic carbocycles. The van der Waals surface area contributed by atoms with Gasteiger partial charge in [0.05, 0.1) is 13.2 Å². The number of piperidine rings is 1. The Morgan fingerprint density at radius 1 is 0.875 bits per heavy atom. The van der Waals surface area contributed by atoms with Crippen molar-refractivity contribution in [2.24, 2.45) is 11.3 Å². The van der Waals surface area contributed by atoms with E-state index in [9.17, 15) is 32.3 Å². The Bertz CT molecular complexity index is 1880. The second-order valence-electron chi connectivity index (χ2n) is 17.7. The number of urea groups is 1. The lowest BCUT2D eigenvalue weighted by molar-refractivity contribution is -0.274. The zero-order valence-electron chi connectivity index (χ0n) is 39.6. The van der Waals surface area contributed by atoms with E-state index in [1.807, 2.05) is 39.5 Å². The minimum absolute atomic E-state index is 0.158. The van der Waals surface area contributed by atoms with Gasteiger partial charge in [0.25, 0.3) is 0 Å². The van der Waals surface area contributed by atoms with E-state index in [0.717, 1.165) is 24.0 Å². The Kier molecular flexibility index (Phi) is 20.5. The van der Waals surface area contributed by atoms with Gasteiger partial charge in [-0.3, -0.25) is 14.5 Å². The number of halogens is 3. The van der Waals surface area contributed by atoms with Gasteiger partial charge in [-0.25, -0.2) is 9.59 Å². The van der Waals surface area contributed by atoms with E-state index < -0.39 is 29.7 Å². The van der Waals surface area contributed by atoms with E-state index in [4.69, 9.17) is 0 Å². The summed E-state index contributed by atoms with van der Waals surface area (Å²) in [6, 6.07) is 10.8. The van der Waals surface area contributed by atoms with Crippen molar-refractivity contribution in [1.82, 2.24) is 30.2 Å². The van der Waals surface area contributed by atoms with Gasteiger partial charge in [-0.05, 0) is 60.9 Å². The van der Waals surface area contributed by atoms with Gasteiger partial charge in [0.2, 0.25) is 11.8 Å². The summed E-state index contributed by atoms with van der Waals surface area (Å²) in [7, 11) is 1.23. The summed E-state index contributed by atoms with van der Waals surface area (Å²) < 4.78 is 49.9. The third-order valence-electron chi connectivity index (χ3n) is 10.9. The van der Waals surface area contributed by atoms with Gasteiger partial charge >= 0.3 is 18.5 Å². The van der Waals surface area contributed by atoms with Crippen molar-refractivity contribution in [2.75, 3.05) is 64.8 Å². The maximum absolute atomic E-state index is 13.6. The number of benzene rings is 2. The predicted octanol–water partition coefficient (Wildman–Crippen LogP) is 9.33. The fourth-order valence-corrected chi connectivity index (χ4v) is 7.72. The van der Waals surface area contributed by atoms with Crippen molar-refractivity contribution in [3.05, 3.63) is 66.5 Å². The summed E-state index contributed by atoms with van der Waals surface area (Å²) in [5.74, 6) is -0.312. The number of rotatable bonds is 10. The number of amides is 5. The molecule has 3 saturated heterocycles. The highest BCUT2D eigenvalue weighted by atomic mass is 19.4. The lowest BCUT2D eigenvalue weighted by Crippen LogP contribution is -2.56. The van der Waals surface area contributed by atoms with Gasteiger partial charge < -0.3 is 40.1 Å². The van der Waals surface area contributed by atoms with Gasteiger partial charge in [0.1, 0.15) is 12.3 Å². The first kappa shape index (κ1) is 53.1. The number of hydrogen-bond acceptors (Lipinski definition) is 8. The Morgan fingerprint density at radius 2 is 1.47 bits per heavy atom. The topological polar surface area (TPSA) is 136 Å². The predicted molar refractivity (Wildman–Crippen MR) is 247 cm³/mol. The van der Waals surface area contributed by atoms with Gasteiger partial charge in [0.15, 0.2) is 0 Å². The van der Waals surface area contributed by atoms with E-state index in [2.05, 4.69) is 64.6 Å². The SMILES string of the molecule is C=C(N/C=C(\C)c1ccc(-c2ccc(NC(=O)N3CCN(C4CCN(C(=O)C(C)(C)C)CC4)CC3)cc2OC(F)(F)F)cc1)C1CC(C)CN1C(=O)CNC(=O)OC.CCC.CCC. The fraction of sp³-hybridized carbons (Fsp3) is 0.583.